The van der Waals surface area contributed by atoms with E-state index in [1.54, 1.807) is 0 Å². The Kier molecular flexibility index (Phi) is 5.67. The van der Waals surface area contributed by atoms with Gasteiger partial charge in [0.05, 0.1) is 28.5 Å². The number of nitrogens with zero attached hydrogens (tertiary/aromatic N) is 6. The highest BCUT2D eigenvalue weighted by atomic mass is 32.2. The van der Waals surface area contributed by atoms with Gasteiger partial charge in [0, 0.05) is 19.1 Å². The molecule has 32 heavy (non-hydrogen) atoms. The number of carbonyl (C=O) groups excluding carboxylic acids is 1. The molecule has 0 atom stereocenters. The standard InChI is InChI=1S/C23H29N7OS/c1-15-6-8-19(9-7-15)30-17(3)21(16(2)27-30)24-20(31)14-32-23-26-25-22(28-12-4-5-13-28)29(23)18-10-11-18/h6-9,18H,4-5,10-14H2,1-3H3,(H,24,31). The van der Waals surface area contributed by atoms with Crippen molar-refractivity contribution in [2.45, 2.75) is 57.7 Å². The van der Waals surface area contributed by atoms with Gasteiger partial charge in [-0.05, 0) is 58.6 Å². The molecule has 9 heteroatoms. The smallest absolute Gasteiger partial charge is 0.234 e. The topological polar surface area (TPSA) is 80.9 Å². The molecule has 168 valence electrons. The van der Waals surface area contributed by atoms with Crippen LogP contribution in [0.1, 0.15) is 48.7 Å². The number of thioether (sulfide) groups is 1. The van der Waals surface area contributed by atoms with Gasteiger partial charge in [0.1, 0.15) is 0 Å². The lowest BCUT2D eigenvalue weighted by Gasteiger charge is -2.17. The van der Waals surface area contributed by atoms with Gasteiger partial charge in [-0.15, -0.1) is 10.2 Å². The highest BCUT2D eigenvalue weighted by Crippen LogP contribution is 2.41. The van der Waals surface area contributed by atoms with E-state index in [2.05, 4.69) is 49.1 Å². The number of benzene rings is 1. The Hall–Kier alpha value is -2.81. The van der Waals surface area contributed by atoms with Crippen molar-refractivity contribution in [1.82, 2.24) is 24.5 Å². The summed E-state index contributed by atoms with van der Waals surface area (Å²) in [7, 11) is 0. The molecule has 3 heterocycles. The van der Waals surface area contributed by atoms with Crippen molar-refractivity contribution in [3.8, 4) is 5.69 Å². The fraction of sp³-hybridized carbons (Fsp3) is 0.478. The summed E-state index contributed by atoms with van der Waals surface area (Å²) in [5.74, 6) is 1.20. The maximum Gasteiger partial charge on any atom is 0.234 e. The number of carbonyl (C=O) groups is 1. The first-order valence-corrected chi connectivity index (χ1v) is 12.3. The Morgan fingerprint density at radius 2 is 1.81 bits per heavy atom. The van der Waals surface area contributed by atoms with Crippen molar-refractivity contribution in [2.75, 3.05) is 29.1 Å². The van der Waals surface area contributed by atoms with Crippen LogP contribution < -0.4 is 10.2 Å². The van der Waals surface area contributed by atoms with Gasteiger partial charge in [-0.25, -0.2) is 4.68 Å². The number of amides is 1. The molecule has 0 bridgehead atoms. The van der Waals surface area contributed by atoms with Crippen LogP contribution in [0, 0.1) is 20.8 Å². The summed E-state index contributed by atoms with van der Waals surface area (Å²) in [5.41, 5.74) is 4.68. The third kappa shape index (κ3) is 4.13. The molecule has 0 spiro atoms. The van der Waals surface area contributed by atoms with E-state index < -0.39 is 0 Å². The van der Waals surface area contributed by atoms with Gasteiger partial charge in [0.15, 0.2) is 5.16 Å². The maximum atomic E-state index is 12.8. The van der Waals surface area contributed by atoms with E-state index in [4.69, 9.17) is 0 Å². The van der Waals surface area contributed by atoms with Gasteiger partial charge < -0.3 is 10.2 Å². The van der Waals surface area contributed by atoms with E-state index in [0.29, 0.717) is 11.8 Å². The van der Waals surface area contributed by atoms with E-state index in [1.807, 2.05) is 30.7 Å². The molecule has 1 aliphatic carbocycles. The summed E-state index contributed by atoms with van der Waals surface area (Å²) >= 11 is 1.46. The van der Waals surface area contributed by atoms with Crippen LogP contribution in [0.25, 0.3) is 5.69 Å². The van der Waals surface area contributed by atoms with Gasteiger partial charge in [-0.2, -0.15) is 5.10 Å². The van der Waals surface area contributed by atoms with Crippen molar-refractivity contribution >= 4 is 29.3 Å². The fourth-order valence-corrected chi connectivity index (χ4v) is 5.02. The second-order valence-corrected chi connectivity index (χ2v) is 9.65. The van der Waals surface area contributed by atoms with Crippen LogP contribution >= 0.6 is 11.8 Å². The average molecular weight is 452 g/mol. The van der Waals surface area contributed by atoms with Crippen LogP contribution in [-0.4, -0.2) is 49.3 Å². The summed E-state index contributed by atoms with van der Waals surface area (Å²) in [6.45, 7) is 8.05. The highest BCUT2D eigenvalue weighted by Gasteiger charge is 2.32. The van der Waals surface area contributed by atoms with Crippen molar-refractivity contribution in [2.24, 2.45) is 0 Å². The molecule has 1 saturated heterocycles. The van der Waals surface area contributed by atoms with Crippen LogP contribution in [0.3, 0.4) is 0 Å². The lowest BCUT2D eigenvalue weighted by atomic mass is 10.2. The second-order valence-electron chi connectivity index (χ2n) is 8.71. The molecule has 8 nitrogen and oxygen atoms in total. The monoisotopic (exact) mass is 451 g/mol. The highest BCUT2D eigenvalue weighted by molar-refractivity contribution is 7.99. The SMILES string of the molecule is Cc1ccc(-n2nc(C)c(NC(=O)CSc3nnc(N4CCCC4)n3C3CC3)c2C)cc1. The summed E-state index contributed by atoms with van der Waals surface area (Å²) in [4.78, 5) is 15.1. The summed E-state index contributed by atoms with van der Waals surface area (Å²) < 4.78 is 4.12. The zero-order valence-electron chi connectivity index (χ0n) is 18.8. The third-order valence-electron chi connectivity index (χ3n) is 6.11. The molecule has 1 amide bonds. The van der Waals surface area contributed by atoms with Gasteiger partial charge in [0.2, 0.25) is 11.9 Å². The number of anilines is 2. The number of aryl methyl sites for hydroxylation is 2. The number of rotatable bonds is 7. The second kappa shape index (κ2) is 8.61. The Balaban J connectivity index is 1.28. The first kappa shape index (κ1) is 21.1. The van der Waals surface area contributed by atoms with Crippen LogP contribution in [0.15, 0.2) is 29.4 Å². The Bertz CT molecular complexity index is 1120. The zero-order valence-corrected chi connectivity index (χ0v) is 19.7. The van der Waals surface area contributed by atoms with Gasteiger partial charge in [-0.3, -0.25) is 9.36 Å². The van der Waals surface area contributed by atoms with Crippen molar-refractivity contribution < 1.29 is 4.79 Å². The molecule has 0 unspecified atom stereocenters. The molecule has 2 fully saturated rings. The first-order chi connectivity index (χ1) is 15.5. The predicted octanol–water partition coefficient (Wildman–Crippen LogP) is 4.05. The largest absolute Gasteiger partial charge is 0.341 e. The molecule has 1 aliphatic heterocycles. The lowest BCUT2D eigenvalue weighted by molar-refractivity contribution is -0.113. The molecule has 1 saturated carbocycles. The van der Waals surface area contributed by atoms with Crippen molar-refractivity contribution in [3.63, 3.8) is 0 Å². The minimum Gasteiger partial charge on any atom is -0.341 e. The molecule has 5 rings (SSSR count). The summed E-state index contributed by atoms with van der Waals surface area (Å²) in [6.07, 6.45) is 4.74. The Morgan fingerprint density at radius 3 is 2.50 bits per heavy atom. The zero-order chi connectivity index (χ0) is 22.2. The van der Waals surface area contributed by atoms with Crippen molar-refractivity contribution in [1.29, 1.82) is 0 Å². The third-order valence-corrected chi connectivity index (χ3v) is 7.06. The minimum atomic E-state index is -0.0577. The van der Waals surface area contributed by atoms with Crippen molar-refractivity contribution in [3.05, 3.63) is 41.2 Å². The van der Waals surface area contributed by atoms with E-state index in [0.717, 1.165) is 59.8 Å². The van der Waals surface area contributed by atoms with Crippen LogP contribution in [0.4, 0.5) is 11.6 Å². The van der Waals surface area contributed by atoms with Crippen LogP contribution in [-0.2, 0) is 4.79 Å². The molecule has 2 aromatic heterocycles. The molecular weight excluding hydrogens is 422 g/mol. The molecular formula is C23H29N7OS. The lowest BCUT2D eigenvalue weighted by Crippen LogP contribution is -2.22. The molecule has 3 aromatic rings. The molecule has 1 aromatic carbocycles. The average Bonchev–Trinajstić information content (AvgIpc) is 3.19. The summed E-state index contributed by atoms with van der Waals surface area (Å²) in [6, 6.07) is 8.68. The molecule has 0 radical (unpaired) electrons. The van der Waals surface area contributed by atoms with Gasteiger partial charge >= 0.3 is 0 Å². The molecule has 1 N–H and O–H groups in total. The van der Waals surface area contributed by atoms with Crippen LogP contribution in [0.2, 0.25) is 0 Å². The van der Waals surface area contributed by atoms with Gasteiger partial charge in [-0.1, -0.05) is 29.5 Å². The Labute approximate surface area is 192 Å². The normalized spacial score (nSPS) is 16.0. The van der Waals surface area contributed by atoms with Gasteiger partial charge in [0.25, 0.3) is 0 Å². The number of hydrogen-bond acceptors (Lipinski definition) is 6. The number of aromatic nitrogens is 5. The first-order valence-electron chi connectivity index (χ1n) is 11.3. The van der Waals surface area contributed by atoms with E-state index >= 15 is 0 Å². The fourth-order valence-electron chi connectivity index (χ4n) is 4.22. The summed E-state index contributed by atoms with van der Waals surface area (Å²) in [5, 5.41) is 17.4. The van der Waals surface area contributed by atoms with Crippen LogP contribution in [0.5, 0.6) is 0 Å². The van der Waals surface area contributed by atoms with E-state index in [9.17, 15) is 4.79 Å². The minimum absolute atomic E-state index is 0.0577. The van der Waals surface area contributed by atoms with E-state index in [-0.39, 0.29) is 5.91 Å². The number of nitrogens with one attached hydrogen (secondary N) is 1. The molecule has 2 aliphatic rings. The maximum absolute atomic E-state index is 12.8. The quantitative estimate of drug-likeness (QED) is 0.546. The van der Waals surface area contributed by atoms with E-state index in [1.165, 1.54) is 30.2 Å². The Morgan fingerprint density at radius 1 is 1.09 bits per heavy atom. The predicted molar refractivity (Wildman–Crippen MR) is 127 cm³/mol. The number of hydrogen-bond donors (Lipinski definition) is 1.